The summed E-state index contributed by atoms with van der Waals surface area (Å²) in [6.07, 6.45) is 1.71. The number of nitrogens with two attached hydrogens (primary N) is 1. The predicted molar refractivity (Wildman–Crippen MR) is 90.2 cm³/mol. The van der Waals surface area contributed by atoms with Crippen molar-refractivity contribution < 1.29 is 14.3 Å². The van der Waals surface area contributed by atoms with E-state index in [0.29, 0.717) is 36.8 Å². The van der Waals surface area contributed by atoms with Gasteiger partial charge in [0.25, 0.3) is 5.91 Å². The first-order chi connectivity index (χ1) is 11.0. The number of hydrogen-bond donors (Lipinski definition) is 1. The molecule has 23 heavy (non-hydrogen) atoms. The van der Waals surface area contributed by atoms with Crippen LogP contribution in [0.5, 0.6) is 11.5 Å². The summed E-state index contributed by atoms with van der Waals surface area (Å²) in [5.41, 5.74) is 6.52. The van der Waals surface area contributed by atoms with Gasteiger partial charge in [-0.1, -0.05) is 0 Å². The van der Waals surface area contributed by atoms with Crippen molar-refractivity contribution in [2.45, 2.75) is 18.9 Å². The number of rotatable bonds is 6. The van der Waals surface area contributed by atoms with Crippen molar-refractivity contribution in [3.63, 3.8) is 0 Å². The zero-order chi connectivity index (χ0) is 16.8. The van der Waals surface area contributed by atoms with Crippen LogP contribution in [0.1, 0.15) is 23.2 Å². The third kappa shape index (κ3) is 4.84. The van der Waals surface area contributed by atoms with Crippen LogP contribution in [0, 0.1) is 0 Å². The van der Waals surface area contributed by atoms with E-state index in [1.807, 2.05) is 23.9 Å². The van der Waals surface area contributed by atoms with Crippen LogP contribution < -0.4 is 15.2 Å². The van der Waals surface area contributed by atoms with Gasteiger partial charge < -0.3 is 25.0 Å². The van der Waals surface area contributed by atoms with Crippen molar-refractivity contribution >= 4 is 5.91 Å². The third-order valence-electron chi connectivity index (χ3n) is 4.03. The number of piperidine rings is 1. The number of carbonyl (C=O) groups is 1. The van der Waals surface area contributed by atoms with E-state index in [4.69, 9.17) is 15.2 Å². The normalized spacial score (nSPS) is 15.8. The van der Waals surface area contributed by atoms with Gasteiger partial charge in [-0.25, -0.2) is 0 Å². The smallest absolute Gasteiger partial charge is 0.253 e. The SMILES string of the molecule is COc1ccc(C(=O)N2CCC(N)CC2)cc1OCCN(C)C. The fourth-order valence-electron chi connectivity index (χ4n) is 2.55. The van der Waals surface area contributed by atoms with E-state index < -0.39 is 0 Å². The summed E-state index contributed by atoms with van der Waals surface area (Å²) in [4.78, 5) is 16.5. The average molecular weight is 321 g/mol. The Bertz CT molecular complexity index is 526. The summed E-state index contributed by atoms with van der Waals surface area (Å²) in [6.45, 7) is 2.76. The minimum absolute atomic E-state index is 0.0250. The first-order valence-electron chi connectivity index (χ1n) is 8.01. The lowest BCUT2D eigenvalue weighted by atomic mass is 10.0. The monoisotopic (exact) mass is 321 g/mol. The molecule has 2 rings (SSSR count). The Balaban J connectivity index is 2.08. The largest absolute Gasteiger partial charge is 0.493 e. The van der Waals surface area contributed by atoms with Crippen molar-refractivity contribution in [1.82, 2.24) is 9.80 Å². The van der Waals surface area contributed by atoms with Crippen LogP contribution in [0.2, 0.25) is 0 Å². The van der Waals surface area contributed by atoms with E-state index in [0.717, 1.165) is 19.4 Å². The number of ether oxygens (including phenoxy) is 2. The van der Waals surface area contributed by atoms with Crippen molar-refractivity contribution in [2.24, 2.45) is 5.73 Å². The standard InChI is InChI=1S/C17H27N3O3/c1-19(2)10-11-23-16-12-13(4-5-15(16)22-3)17(21)20-8-6-14(18)7-9-20/h4-5,12,14H,6-11,18H2,1-3H3. The van der Waals surface area contributed by atoms with E-state index in [9.17, 15) is 4.79 Å². The summed E-state index contributed by atoms with van der Waals surface area (Å²) < 4.78 is 11.1. The first-order valence-corrected chi connectivity index (χ1v) is 8.01. The highest BCUT2D eigenvalue weighted by Crippen LogP contribution is 2.29. The molecule has 1 aliphatic heterocycles. The van der Waals surface area contributed by atoms with Crippen LogP contribution in [-0.4, -0.2) is 69.2 Å². The summed E-state index contributed by atoms with van der Waals surface area (Å²) in [7, 11) is 5.57. The van der Waals surface area contributed by atoms with Crippen LogP contribution >= 0.6 is 0 Å². The maximum Gasteiger partial charge on any atom is 0.253 e. The van der Waals surface area contributed by atoms with Gasteiger partial charge >= 0.3 is 0 Å². The Morgan fingerprint density at radius 3 is 2.61 bits per heavy atom. The lowest BCUT2D eigenvalue weighted by Gasteiger charge is -2.30. The quantitative estimate of drug-likeness (QED) is 0.853. The van der Waals surface area contributed by atoms with E-state index in [-0.39, 0.29) is 11.9 Å². The fraction of sp³-hybridized carbons (Fsp3) is 0.588. The van der Waals surface area contributed by atoms with Gasteiger partial charge in [0, 0.05) is 31.2 Å². The predicted octanol–water partition coefficient (Wildman–Crippen LogP) is 1.20. The van der Waals surface area contributed by atoms with Crippen LogP contribution in [0.25, 0.3) is 0 Å². The number of methoxy groups -OCH3 is 1. The maximum atomic E-state index is 12.6. The molecule has 0 saturated carbocycles. The van der Waals surface area contributed by atoms with E-state index in [1.54, 1.807) is 25.3 Å². The molecule has 0 spiro atoms. The number of carbonyl (C=O) groups excluding carboxylic acids is 1. The Morgan fingerprint density at radius 1 is 1.30 bits per heavy atom. The number of amides is 1. The summed E-state index contributed by atoms with van der Waals surface area (Å²) >= 11 is 0. The van der Waals surface area contributed by atoms with Crippen LogP contribution in [0.15, 0.2) is 18.2 Å². The van der Waals surface area contributed by atoms with E-state index >= 15 is 0 Å². The van der Waals surface area contributed by atoms with Gasteiger partial charge in [-0.3, -0.25) is 4.79 Å². The molecule has 1 aromatic carbocycles. The fourth-order valence-corrected chi connectivity index (χ4v) is 2.55. The zero-order valence-corrected chi connectivity index (χ0v) is 14.2. The lowest BCUT2D eigenvalue weighted by Crippen LogP contribution is -2.42. The van der Waals surface area contributed by atoms with E-state index in [1.165, 1.54) is 0 Å². The van der Waals surface area contributed by atoms with Gasteiger partial charge in [-0.05, 0) is 45.1 Å². The maximum absolute atomic E-state index is 12.6. The second-order valence-corrected chi connectivity index (χ2v) is 6.15. The molecule has 0 aromatic heterocycles. The van der Waals surface area contributed by atoms with Crippen LogP contribution in [-0.2, 0) is 0 Å². The van der Waals surface area contributed by atoms with E-state index in [2.05, 4.69) is 0 Å². The Labute approximate surface area is 138 Å². The number of benzene rings is 1. The lowest BCUT2D eigenvalue weighted by molar-refractivity contribution is 0.0714. The van der Waals surface area contributed by atoms with Gasteiger partial charge in [0.2, 0.25) is 0 Å². The molecule has 1 saturated heterocycles. The molecule has 1 aromatic rings. The van der Waals surface area contributed by atoms with Crippen molar-refractivity contribution in [3.8, 4) is 11.5 Å². The molecule has 1 fully saturated rings. The number of nitrogens with zero attached hydrogens (tertiary/aromatic N) is 2. The molecule has 1 aliphatic rings. The first kappa shape index (κ1) is 17.6. The highest BCUT2D eigenvalue weighted by atomic mass is 16.5. The molecule has 128 valence electrons. The van der Waals surface area contributed by atoms with Crippen molar-refractivity contribution in [1.29, 1.82) is 0 Å². The molecule has 0 bridgehead atoms. The van der Waals surface area contributed by atoms with Gasteiger partial charge in [0.15, 0.2) is 11.5 Å². The van der Waals surface area contributed by atoms with Gasteiger partial charge in [0.1, 0.15) is 6.61 Å². The highest BCUT2D eigenvalue weighted by Gasteiger charge is 2.22. The molecule has 2 N–H and O–H groups in total. The average Bonchev–Trinajstić information content (AvgIpc) is 2.54. The summed E-state index contributed by atoms with van der Waals surface area (Å²) in [5, 5.41) is 0. The molecule has 0 radical (unpaired) electrons. The van der Waals surface area contributed by atoms with Crippen LogP contribution in [0.4, 0.5) is 0 Å². The number of likely N-dealkylation sites (N-methyl/N-ethyl adjacent to an activating group) is 1. The molecule has 6 nitrogen and oxygen atoms in total. The summed E-state index contributed by atoms with van der Waals surface area (Å²) in [6, 6.07) is 5.55. The number of hydrogen-bond acceptors (Lipinski definition) is 5. The third-order valence-corrected chi connectivity index (χ3v) is 4.03. The highest BCUT2D eigenvalue weighted by molar-refractivity contribution is 5.95. The molecule has 6 heteroatoms. The second-order valence-electron chi connectivity index (χ2n) is 6.15. The zero-order valence-electron chi connectivity index (χ0n) is 14.2. The molecule has 1 heterocycles. The Hall–Kier alpha value is -1.79. The molecule has 0 unspecified atom stereocenters. The Morgan fingerprint density at radius 2 is 2.00 bits per heavy atom. The minimum Gasteiger partial charge on any atom is -0.493 e. The second kappa shape index (κ2) is 8.17. The Kier molecular flexibility index (Phi) is 6.24. The topological polar surface area (TPSA) is 68.0 Å². The summed E-state index contributed by atoms with van der Waals surface area (Å²) in [5.74, 6) is 1.27. The van der Waals surface area contributed by atoms with Crippen molar-refractivity contribution in [2.75, 3.05) is 47.4 Å². The van der Waals surface area contributed by atoms with Gasteiger partial charge in [-0.15, -0.1) is 0 Å². The molecular weight excluding hydrogens is 294 g/mol. The number of likely N-dealkylation sites (tertiary alicyclic amines) is 1. The molecule has 0 aliphatic carbocycles. The molecule has 0 atom stereocenters. The van der Waals surface area contributed by atoms with Crippen molar-refractivity contribution in [3.05, 3.63) is 23.8 Å². The molecular formula is C17H27N3O3. The minimum atomic E-state index is 0.0250. The van der Waals surface area contributed by atoms with Gasteiger partial charge in [-0.2, -0.15) is 0 Å². The molecule has 1 amide bonds. The van der Waals surface area contributed by atoms with Gasteiger partial charge in [0.05, 0.1) is 7.11 Å². The van der Waals surface area contributed by atoms with Crippen LogP contribution in [0.3, 0.4) is 0 Å².